The first-order chi connectivity index (χ1) is 6.20. The Morgan fingerprint density at radius 3 is 2.77 bits per heavy atom. The Morgan fingerprint density at radius 2 is 2.31 bits per heavy atom. The second kappa shape index (κ2) is 7.44. The SMILES string of the molecule is O=CCC(CCCO)OO[N+](=O)[O-]. The first-order valence-electron chi connectivity index (χ1n) is 3.73. The molecule has 0 saturated carbocycles. The summed E-state index contributed by atoms with van der Waals surface area (Å²) in [5.41, 5.74) is 0. The van der Waals surface area contributed by atoms with Gasteiger partial charge in [0.05, 0.1) is 0 Å². The van der Waals surface area contributed by atoms with Crippen LogP contribution in [0.5, 0.6) is 0 Å². The Bertz CT molecular complexity index is 161. The standard InChI is InChI=1S/C6H11NO6/c8-4-1-2-6(3-5-9)12-13-7(10)11/h5-6,8H,1-4H2. The summed E-state index contributed by atoms with van der Waals surface area (Å²) in [6, 6.07) is 0. The molecule has 0 heterocycles. The van der Waals surface area contributed by atoms with Crippen molar-refractivity contribution in [2.75, 3.05) is 6.61 Å². The van der Waals surface area contributed by atoms with E-state index in [2.05, 4.69) is 9.88 Å². The number of carbonyl (C=O) groups is 1. The molecule has 1 unspecified atom stereocenters. The fourth-order valence-corrected chi connectivity index (χ4v) is 0.728. The molecule has 0 aliphatic carbocycles. The maximum atomic E-state index is 10.1. The Hall–Kier alpha value is -1.21. The van der Waals surface area contributed by atoms with Crippen LogP contribution in [0.2, 0.25) is 0 Å². The normalized spacial score (nSPS) is 12.1. The molecule has 0 rings (SSSR count). The maximum Gasteiger partial charge on any atom is 0.322 e. The number of aliphatic hydroxyl groups is 1. The highest BCUT2D eigenvalue weighted by atomic mass is 17.3. The van der Waals surface area contributed by atoms with Gasteiger partial charge in [-0.1, -0.05) is 0 Å². The highest BCUT2D eigenvalue weighted by Gasteiger charge is 2.11. The second-order valence-electron chi connectivity index (χ2n) is 2.28. The zero-order valence-electron chi connectivity index (χ0n) is 6.92. The third-order valence-corrected chi connectivity index (χ3v) is 1.28. The molecule has 0 aromatic rings. The lowest BCUT2D eigenvalue weighted by molar-refractivity contribution is -0.854. The van der Waals surface area contributed by atoms with Gasteiger partial charge in [-0.05, 0) is 12.8 Å². The van der Waals surface area contributed by atoms with Gasteiger partial charge in [-0.3, -0.25) is 0 Å². The number of carbonyl (C=O) groups excluding carboxylic acids is 1. The summed E-state index contributed by atoms with van der Waals surface area (Å²) in [5, 5.41) is 17.0. The van der Waals surface area contributed by atoms with E-state index in [0.717, 1.165) is 0 Å². The van der Waals surface area contributed by atoms with Crippen LogP contribution in [-0.4, -0.2) is 29.2 Å². The maximum absolute atomic E-state index is 10.1. The Labute approximate surface area is 74.3 Å². The van der Waals surface area contributed by atoms with E-state index in [0.29, 0.717) is 19.1 Å². The molecule has 0 saturated heterocycles. The second-order valence-corrected chi connectivity index (χ2v) is 2.28. The lowest BCUT2D eigenvalue weighted by Gasteiger charge is -2.10. The summed E-state index contributed by atoms with van der Waals surface area (Å²) in [4.78, 5) is 27.7. The van der Waals surface area contributed by atoms with Crippen molar-refractivity contribution in [1.82, 2.24) is 0 Å². The van der Waals surface area contributed by atoms with Gasteiger partial charge in [0.25, 0.3) is 0 Å². The minimum atomic E-state index is -1.10. The topological polar surface area (TPSA) is 98.9 Å². The van der Waals surface area contributed by atoms with Gasteiger partial charge in [0.15, 0.2) is 0 Å². The smallest absolute Gasteiger partial charge is 0.322 e. The van der Waals surface area contributed by atoms with Gasteiger partial charge in [0.2, 0.25) is 0 Å². The first kappa shape index (κ1) is 11.8. The lowest BCUT2D eigenvalue weighted by Crippen LogP contribution is -2.16. The van der Waals surface area contributed by atoms with Crippen LogP contribution in [0.15, 0.2) is 0 Å². The summed E-state index contributed by atoms with van der Waals surface area (Å²) in [6.45, 7) is -0.0584. The molecule has 0 radical (unpaired) electrons. The van der Waals surface area contributed by atoms with Crippen molar-refractivity contribution in [2.45, 2.75) is 25.4 Å². The van der Waals surface area contributed by atoms with Crippen molar-refractivity contribution in [3.05, 3.63) is 10.1 Å². The van der Waals surface area contributed by atoms with E-state index in [1.165, 1.54) is 0 Å². The molecule has 7 heteroatoms. The van der Waals surface area contributed by atoms with E-state index in [4.69, 9.17) is 5.11 Å². The van der Waals surface area contributed by atoms with Gasteiger partial charge in [-0.25, -0.2) is 0 Å². The van der Waals surface area contributed by atoms with Gasteiger partial charge < -0.3 is 9.90 Å². The molecule has 0 aromatic carbocycles. The van der Waals surface area contributed by atoms with Crippen molar-refractivity contribution in [1.29, 1.82) is 0 Å². The average molecular weight is 193 g/mol. The fraction of sp³-hybridized carbons (Fsp3) is 0.833. The quantitative estimate of drug-likeness (QED) is 0.249. The number of aliphatic hydroxyl groups excluding tert-OH is 1. The van der Waals surface area contributed by atoms with E-state index >= 15 is 0 Å². The van der Waals surface area contributed by atoms with Crippen LogP contribution in [0.1, 0.15) is 19.3 Å². The van der Waals surface area contributed by atoms with E-state index < -0.39 is 11.2 Å². The molecular formula is C6H11NO6. The van der Waals surface area contributed by atoms with E-state index in [1.54, 1.807) is 0 Å². The van der Waals surface area contributed by atoms with E-state index in [1.807, 2.05) is 0 Å². The number of hydrogen-bond donors (Lipinski definition) is 1. The van der Waals surface area contributed by atoms with Crippen LogP contribution < -0.4 is 0 Å². The number of nitrogens with zero attached hydrogens (tertiary/aromatic N) is 1. The van der Waals surface area contributed by atoms with Crippen LogP contribution in [-0.2, 0) is 14.7 Å². The van der Waals surface area contributed by atoms with Crippen LogP contribution in [0.4, 0.5) is 0 Å². The molecule has 7 nitrogen and oxygen atoms in total. The summed E-state index contributed by atoms with van der Waals surface area (Å²) in [5.74, 6) is 0. The molecule has 0 bridgehead atoms. The molecule has 13 heavy (non-hydrogen) atoms. The van der Waals surface area contributed by atoms with Crippen molar-refractivity contribution < 1.29 is 24.9 Å². The monoisotopic (exact) mass is 193 g/mol. The molecule has 0 aliphatic rings. The Balaban J connectivity index is 3.65. The Kier molecular flexibility index (Phi) is 6.75. The lowest BCUT2D eigenvalue weighted by atomic mass is 10.1. The van der Waals surface area contributed by atoms with Crippen molar-refractivity contribution in [2.24, 2.45) is 0 Å². The molecular weight excluding hydrogens is 182 g/mol. The summed E-state index contributed by atoms with van der Waals surface area (Å²) >= 11 is 0. The first-order valence-corrected chi connectivity index (χ1v) is 3.73. The minimum absolute atomic E-state index is 0.00778. The summed E-state index contributed by atoms with van der Waals surface area (Å²) in [6.07, 6.45) is 0.650. The fourth-order valence-electron chi connectivity index (χ4n) is 0.728. The molecule has 0 aliphatic heterocycles. The van der Waals surface area contributed by atoms with Gasteiger partial charge in [0, 0.05) is 13.0 Å². The highest BCUT2D eigenvalue weighted by molar-refractivity contribution is 5.50. The zero-order valence-corrected chi connectivity index (χ0v) is 6.92. The molecule has 1 atom stereocenters. The summed E-state index contributed by atoms with van der Waals surface area (Å²) < 4.78 is 0. The van der Waals surface area contributed by atoms with Crippen molar-refractivity contribution in [3.63, 3.8) is 0 Å². The van der Waals surface area contributed by atoms with Crippen LogP contribution >= 0.6 is 0 Å². The average Bonchev–Trinajstić information content (AvgIpc) is 2.09. The third-order valence-electron chi connectivity index (χ3n) is 1.28. The van der Waals surface area contributed by atoms with Crippen molar-refractivity contribution in [3.8, 4) is 0 Å². The molecule has 76 valence electrons. The van der Waals surface area contributed by atoms with Crippen molar-refractivity contribution >= 4 is 6.29 Å². The van der Waals surface area contributed by atoms with Gasteiger partial charge in [0.1, 0.15) is 12.4 Å². The Morgan fingerprint density at radius 1 is 1.62 bits per heavy atom. The van der Waals surface area contributed by atoms with Gasteiger partial charge >= 0.3 is 5.09 Å². The number of aldehydes is 1. The predicted octanol–water partition coefficient (Wildman–Crippen LogP) is -0.144. The largest absolute Gasteiger partial charge is 0.396 e. The van der Waals surface area contributed by atoms with E-state index in [-0.39, 0.29) is 13.0 Å². The molecule has 1 N–H and O–H groups in total. The molecule has 0 spiro atoms. The number of hydrogen-bond acceptors (Lipinski definition) is 6. The molecule has 0 amide bonds. The van der Waals surface area contributed by atoms with Crippen LogP contribution in [0, 0.1) is 10.1 Å². The van der Waals surface area contributed by atoms with Gasteiger partial charge in [-0.2, -0.15) is 4.89 Å². The third kappa shape index (κ3) is 7.16. The number of rotatable bonds is 8. The van der Waals surface area contributed by atoms with Gasteiger partial charge in [-0.15, -0.1) is 15.1 Å². The molecule has 0 fully saturated rings. The predicted molar refractivity (Wildman–Crippen MR) is 40.0 cm³/mol. The van der Waals surface area contributed by atoms with E-state index in [9.17, 15) is 14.9 Å². The highest BCUT2D eigenvalue weighted by Crippen LogP contribution is 2.05. The summed E-state index contributed by atoms with van der Waals surface area (Å²) in [7, 11) is 0. The molecule has 0 aromatic heterocycles. The zero-order chi connectivity index (χ0) is 10.1. The minimum Gasteiger partial charge on any atom is -0.396 e. The van der Waals surface area contributed by atoms with Crippen LogP contribution in [0.3, 0.4) is 0 Å². The van der Waals surface area contributed by atoms with Crippen LogP contribution in [0.25, 0.3) is 0 Å².